The summed E-state index contributed by atoms with van der Waals surface area (Å²) in [5.74, 6) is -0.719. The summed E-state index contributed by atoms with van der Waals surface area (Å²) in [5.41, 5.74) is 3.96. The van der Waals surface area contributed by atoms with E-state index >= 15 is 0 Å². The van der Waals surface area contributed by atoms with Crippen molar-refractivity contribution in [1.29, 1.82) is 0 Å². The molecular weight excluding hydrogens is 270 g/mol. The molecule has 0 fully saturated rings. The average Bonchev–Trinajstić information content (AvgIpc) is 2.73. The minimum atomic E-state index is -4.60. The molecule has 2 aromatic heterocycles. The van der Waals surface area contributed by atoms with Gasteiger partial charge in [0.25, 0.3) is 0 Å². The number of halogens is 4. The largest absolute Gasteiger partial charge is 0.434 e. The Morgan fingerprint density at radius 2 is 2.06 bits per heavy atom. The Morgan fingerprint density at radius 3 is 2.56 bits per heavy atom. The van der Waals surface area contributed by atoms with Crippen LogP contribution in [0, 0.1) is 5.82 Å². The summed E-state index contributed by atoms with van der Waals surface area (Å²) in [5, 5.41) is -0.124. The monoisotopic (exact) mass is 277 g/mol. The molecule has 0 bridgehead atoms. The van der Waals surface area contributed by atoms with Crippen LogP contribution < -0.4 is 5.73 Å². The molecule has 0 radical (unpaired) electrons. The van der Waals surface area contributed by atoms with E-state index in [1.165, 1.54) is 12.3 Å². The quantitative estimate of drug-likeness (QED) is 0.859. The maximum absolute atomic E-state index is 13.4. The summed E-state index contributed by atoms with van der Waals surface area (Å²) in [6, 6.07) is 2.46. The smallest absolute Gasteiger partial charge is 0.326 e. The number of nitrogens with two attached hydrogens (primary N) is 1. The minimum absolute atomic E-state index is 0.124. The summed E-state index contributed by atoms with van der Waals surface area (Å²) in [4.78, 5) is 6.94. The zero-order valence-corrected chi connectivity index (χ0v) is 9.65. The maximum Gasteiger partial charge on any atom is 0.434 e. The zero-order chi connectivity index (χ0) is 13.3. The lowest BCUT2D eigenvalue weighted by molar-refractivity contribution is -0.141. The van der Waals surface area contributed by atoms with Crippen LogP contribution in [0.3, 0.4) is 0 Å². The van der Waals surface area contributed by atoms with Crippen LogP contribution in [-0.2, 0) is 12.7 Å². The molecule has 3 nitrogen and oxygen atoms in total. The van der Waals surface area contributed by atoms with Crippen LogP contribution >= 0.6 is 11.3 Å². The summed E-state index contributed by atoms with van der Waals surface area (Å²) in [6.45, 7) is -0.305. The molecule has 0 unspecified atom stereocenters. The molecule has 0 saturated heterocycles. The van der Waals surface area contributed by atoms with Crippen molar-refractivity contribution in [2.75, 3.05) is 0 Å². The van der Waals surface area contributed by atoms with E-state index < -0.39 is 17.7 Å². The molecule has 18 heavy (non-hydrogen) atoms. The van der Waals surface area contributed by atoms with Crippen LogP contribution in [0.5, 0.6) is 0 Å². The predicted molar refractivity (Wildman–Crippen MR) is 58.2 cm³/mol. The molecule has 0 saturated carbocycles. The number of hydrogen-bond donors (Lipinski definition) is 1. The Morgan fingerprint density at radius 1 is 1.33 bits per heavy atom. The predicted octanol–water partition coefficient (Wildman–Crippen LogP) is 2.82. The molecule has 0 spiro atoms. The first-order valence-corrected chi connectivity index (χ1v) is 5.63. The number of nitrogens with zero attached hydrogens (tertiary/aromatic N) is 2. The summed E-state index contributed by atoms with van der Waals surface area (Å²) < 4.78 is 51.3. The van der Waals surface area contributed by atoms with Crippen LogP contribution in [0.25, 0.3) is 10.7 Å². The van der Waals surface area contributed by atoms with E-state index in [0.29, 0.717) is 11.3 Å². The number of pyridine rings is 1. The molecule has 0 aliphatic rings. The van der Waals surface area contributed by atoms with Gasteiger partial charge in [-0.1, -0.05) is 0 Å². The van der Waals surface area contributed by atoms with Gasteiger partial charge in [0.1, 0.15) is 10.7 Å². The van der Waals surface area contributed by atoms with Gasteiger partial charge in [0.2, 0.25) is 0 Å². The van der Waals surface area contributed by atoms with Gasteiger partial charge in [0.15, 0.2) is 11.5 Å². The molecule has 0 amide bonds. The van der Waals surface area contributed by atoms with Gasteiger partial charge in [-0.25, -0.2) is 9.37 Å². The standard InChI is InChI=1S/C10H7F4N3S/c11-5-2-1-3-16-7(5)9-17-8(10(12,13)14)6(4-15)18-9/h1-3H,4,15H2. The van der Waals surface area contributed by atoms with Gasteiger partial charge < -0.3 is 5.73 Å². The highest BCUT2D eigenvalue weighted by atomic mass is 32.1. The zero-order valence-electron chi connectivity index (χ0n) is 8.83. The first kappa shape index (κ1) is 12.9. The number of thiazole rings is 1. The number of rotatable bonds is 2. The van der Waals surface area contributed by atoms with E-state index in [-0.39, 0.29) is 22.1 Å². The van der Waals surface area contributed by atoms with E-state index in [0.717, 1.165) is 6.07 Å². The SMILES string of the molecule is NCc1sc(-c2ncccc2F)nc1C(F)(F)F. The highest BCUT2D eigenvalue weighted by Crippen LogP contribution is 2.37. The van der Waals surface area contributed by atoms with Crippen LogP contribution in [0.1, 0.15) is 10.6 Å². The van der Waals surface area contributed by atoms with Crippen molar-refractivity contribution in [2.45, 2.75) is 12.7 Å². The van der Waals surface area contributed by atoms with Crippen molar-refractivity contribution in [1.82, 2.24) is 9.97 Å². The first-order valence-electron chi connectivity index (χ1n) is 4.81. The van der Waals surface area contributed by atoms with Crippen molar-refractivity contribution in [3.05, 3.63) is 34.7 Å². The molecule has 2 rings (SSSR count). The van der Waals surface area contributed by atoms with Gasteiger partial charge in [0.05, 0.1) is 4.88 Å². The second-order valence-electron chi connectivity index (χ2n) is 3.33. The molecule has 2 aromatic rings. The maximum atomic E-state index is 13.4. The van der Waals surface area contributed by atoms with Gasteiger partial charge in [-0.15, -0.1) is 11.3 Å². The van der Waals surface area contributed by atoms with Crippen molar-refractivity contribution < 1.29 is 17.6 Å². The molecule has 0 atom stereocenters. The normalized spacial score (nSPS) is 11.8. The minimum Gasteiger partial charge on any atom is -0.326 e. The topological polar surface area (TPSA) is 51.8 Å². The fraction of sp³-hybridized carbons (Fsp3) is 0.200. The van der Waals surface area contributed by atoms with Crippen molar-refractivity contribution in [3.8, 4) is 10.7 Å². The van der Waals surface area contributed by atoms with Crippen molar-refractivity contribution >= 4 is 11.3 Å². The lowest BCUT2D eigenvalue weighted by atomic mass is 10.3. The van der Waals surface area contributed by atoms with E-state index in [9.17, 15) is 17.6 Å². The molecule has 0 aromatic carbocycles. The fourth-order valence-electron chi connectivity index (χ4n) is 1.36. The Balaban J connectivity index is 2.55. The van der Waals surface area contributed by atoms with E-state index in [4.69, 9.17) is 5.73 Å². The molecule has 2 heterocycles. The third kappa shape index (κ3) is 2.34. The van der Waals surface area contributed by atoms with E-state index in [1.807, 2.05) is 0 Å². The molecular formula is C10H7F4N3S. The second-order valence-corrected chi connectivity index (χ2v) is 4.41. The third-order valence-corrected chi connectivity index (χ3v) is 3.20. The lowest BCUT2D eigenvalue weighted by Gasteiger charge is -2.03. The van der Waals surface area contributed by atoms with Gasteiger partial charge in [-0.2, -0.15) is 13.2 Å². The summed E-state index contributed by atoms with van der Waals surface area (Å²) in [7, 11) is 0. The van der Waals surface area contributed by atoms with Crippen molar-refractivity contribution in [3.63, 3.8) is 0 Å². The first-order chi connectivity index (χ1) is 8.43. The molecule has 2 N–H and O–H groups in total. The molecule has 0 aliphatic carbocycles. The third-order valence-electron chi connectivity index (χ3n) is 2.11. The molecule has 96 valence electrons. The van der Waals surface area contributed by atoms with Crippen LogP contribution in [-0.4, -0.2) is 9.97 Å². The Kier molecular flexibility index (Phi) is 3.31. The van der Waals surface area contributed by atoms with E-state index in [1.54, 1.807) is 0 Å². The highest BCUT2D eigenvalue weighted by Gasteiger charge is 2.37. The van der Waals surface area contributed by atoms with Gasteiger partial charge in [0, 0.05) is 12.7 Å². The number of aromatic nitrogens is 2. The average molecular weight is 277 g/mol. The van der Waals surface area contributed by atoms with Gasteiger partial charge in [-0.3, -0.25) is 4.98 Å². The van der Waals surface area contributed by atoms with Crippen LogP contribution in [0.2, 0.25) is 0 Å². The van der Waals surface area contributed by atoms with Crippen molar-refractivity contribution in [2.24, 2.45) is 5.73 Å². The number of alkyl halides is 3. The Bertz CT molecular complexity index is 564. The lowest BCUT2D eigenvalue weighted by Crippen LogP contribution is -2.10. The van der Waals surface area contributed by atoms with Gasteiger partial charge in [-0.05, 0) is 12.1 Å². The molecule has 0 aliphatic heterocycles. The highest BCUT2D eigenvalue weighted by molar-refractivity contribution is 7.15. The number of hydrogen-bond acceptors (Lipinski definition) is 4. The Labute approximate surface area is 103 Å². The van der Waals surface area contributed by atoms with Crippen LogP contribution in [0.4, 0.5) is 17.6 Å². The van der Waals surface area contributed by atoms with E-state index in [2.05, 4.69) is 9.97 Å². The Hall–Kier alpha value is -1.54. The van der Waals surface area contributed by atoms with Crippen LogP contribution in [0.15, 0.2) is 18.3 Å². The molecule has 8 heteroatoms. The fourth-order valence-corrected chi connectivity index (χ4v) is 2.31. The summed E-state index contributed by atoms with van der Waals surface area (Å²) >= 11 is 0.695. The van der Waals surface area contributed by atoms with Gasteiger partial charge >= 0.3 is 6.18 Å². The second kappa shape index (κ2) is 4.62. The summed E-state index contributed by atoms with van der Waals surface area (Å²) in [6.07, 6.45) is -3.32.